The van der Waals surface area contributed by atoms with E-state index in [4.69, 9.17) is 29.0 Å². The van der Waals surface area contributed by atoms with Crippen LogP contribution in [0.1, 0.15) is 155 Å². The average Bonchev–Trinajstić information content (AvgIpc) is 3.53. The Morgan fingerprint density at radius 2 is 1.48 bits per heavy atom. The molecule has 0 amide bonds. The first-order chi connectivity index (χ1) is 31.4. The van der Waals surface area contributed by atoms with Crippen LogP contribution >= 0.6 is 15.6 Å². The third-order valence-electron chi connectivity index (χ3n) is 10.5. The number of aliphatic hydroxyl groups is 3. The molecule has 8 atom stereocenters. The molecule has 378 valence electrons. The standard InChI is InChI=1S/C45H77N3O16P2/c1-4-5-6-7-8-9-10-11-12-13-16-19-22-26-36(49)27-24-29-40(50)59-32-37(62-41(51)28-23-20-17-14-15-18-21-25-35(2)3)33-60-65(55,56)64-66(57,58)61-34-38-42(52)43(53)44(63-38)48-31-30-39(46)47-45(48)54/h11-12,16,19,22,26,30-31,35-38,42-44,49,52-53H,4-10,13-15,17-18,20-21,23-25,27-29,32-34H2,1-3H3,(H,55,56)(H,57,58)(H2,46,47,54)/b12-11+,19-16+,26-22+/t36?,37-,38-,42-,43-,44-/m1/s1. The number of rotatable bonds is 37. The molecule has 0 radical (unpaired) electrons. The summed E-state index contributed by atoms with van der Waals surface area (Å²) in [5.41, 5.74) is 4.56. The van der Waals surface area contributed by atoms with Gasteiger partial charge in [-0.3, -0.25) is 23.2 Å². The van der Waals surface area contributed by atoms with E-state index in [1.54, 1.807) is 12.2 Å². The van der Waals surface area contributed by atoms with Gasteiger partial charge in [0, 0.05) is 19.0 Å². The summed E-state index contributed by atoms with van der Waals surface area (Å²) in [5.74, 6) is -0.833. The van der Waals surface area contributed by atoms with E-state index in [9.17, 15) is 48.6 Å². The Hall–Kier alpha value is -3.06. The lowest BCUT2D eigenvalue weighted by atomic mass is 10.0. The highest BCUT2D eigenvalue weighted by atomic mass is 31.3. The largest absolute Gasteiger partial charge is 0.481 e. The fourth-order valence-electron chi connectivity index (χ4n) is 6.80. The lowest BCUT2D eigenvalue weighted by Gasteiger charge is -2.21. The molecule has 0 saturated carbocycles. The Morgan fingerprint density at radius 1 is 0.833 bits per heavy atom. The van der Waals surface area contributed by atoms with Crippen LogP contribution in [0, 0.1) is 5.92 Å². The summed E-state index contributed by atoms with van der Waals surface area (Å²) in [7, 11) is -10.9. The molecule has 0 bridgehead atoms. The fraction of sp³-hybridized carbons (Fsp3) is 0.733. The minimum atomic E-state index is -5.45. The second-order valence-corrected chi connectivity index (χ2v) is 20.0. The van der Waals surface area contributed by atoms with Crippen molar-refractivity contribution < 1.29 is 71.4 Å². The van der Waals surface area contributed by atoms with Crippen LogP contribution in [-0.4, -0.2) is 96.9 Å². The van der Waals surface area contributed by atoms with E-state index in [1.165, 1.54) is 57.4 Å². The van der Waals surface area contributed by atoms with E-state index < -0.39 is 89.8 Å². The predicted molar refractivity (Wildman–Crippen MR) is 249 cm³/mol. The SMILES string of the molecule is CCCCCCCC/C=C/C/C=C/C=C/C(O)CCCC(=O)OC[C@H](COP(=O)(O)OP(=O)(O)OC[C@H]1O[C@@H](n2ccc(N)nc2=O)[C@H](O)[C@@H]1O)OC(=O)CCCCCCCCCC(C)C. The summed E-state index contributed by atoms with van der Waals surface area (Å²) in [6, 6.07) is 1.24. The highest BCUT2D eigenvalue weighted by molar-refractivity contribution is 7.61. The highest BCUT2D eigenvalue weighted by Gasteiger charge is 2.46. The summed E-state index contributed by atoms with van der Waals surface area (Å²) in [6.07, 6.45) is 21.7. The zero-order valence-corrected chi connectivity index (χ0v) is 40.8. The van der Waals surface area contributed by atoms with Crippen LogP contribution in [0.3, 0.4) is 0 Å². The van der Waals surface area contributed by atoms with Crippen LogP contribution in [0.4, 0.5) is 5.82 Å². The number of nitrogens with zero attached hydrogens (tertiary/aromatic N) is 2. The number of carbonyl (C=O) groups is 2. The molecule has 1 aromatic heterocycles. The molecular formula is C45H77N3O16P2. The normalized spacial score (nSPS) is 20.6. The maximum absolute atomic E-state index is 12.8. The number of nitrogens with two attached hydrogens (primary N) is 1. The molecule has 0 aliphatic carbocycles. The molecule has 1 aliphatic heterocycles. The number of phosphoric ester groups is 2. The molecule has 2 heterocycles. The van der Waals surface area contributed by atoms with Crippen molar-refractivity contribution in [2.75, 3.05) is 25.6 Å². The van der Waals surface area contributed by atoms with E-state index in [-0.39, 0.29) is 31.5 Å². The minimum Gasteiger partial charge on any atom is -0.462 e. The number of carbonyl (C=O) groups excluding carboxylic acids is 2. The zero-order chi connectivity index (χ0) is 48.8. The van der Waals surface area contributed by atoms with Crippen molar-refractivity contribution >= 4 is 33.4 Å². The second-order valence-electron chi connectivity index (χ2n) is 16.9. The third-order valence-corrected chi connectivity index (χ3v) is 13.1. The lowest BCUT2D eigenvalue weighted by Crippen LogP contribution is -2.36. The van der Waals surface area contributed by atoms with Gasteiger partial charge in [0.05, 0.1) is 19.3 Å². The van der Waals surface area contributed by atoms with Crippen molar-refractivity contribution in [1.82, 2.24) is 9.55 Å². The first-order valence-corrected chi connectivity index (χ1v) is 26.5. The maximum Gasteiger partial charge on any atom is 0.481 e. The smallest absolute Gasteiger partial charge is 0.462 e. The molecule has 1 fully saturated rings. The molecule has 0 aromatic carbocycles. The van der Waals surface area contributed by atoms with E-state index in [1.807, 2.05) is 12.2 Å². The van der Waals surface area contributed by atoms with Crippen molar-refractivity contribution in [3.63, 3.8) is 0 Å². The molecule has 1 saturated heterocycles. The number of esters is 2. The molecule has 1 aromatic rings. The molecule has 3 unspecified atom stereocenters. The molecule has 7 N–H and O–H groups in total. The van der Waals surface area contributed by atoms with Gasteiger partial charge in [-0.15, -0.1) is 0 Å². The van der Waals surface area contributed by atoms with Gasteiger partial charge in [-0.1, -0.05) is 134 Å². The first kappa shape index (κ1) is 59.1. The van der Waals surface area contributed by atoms with Gasteiger partial charge in [0.2, 0.25) is 0 Å². The molecule has 21 heteroatoms. The molecule has 66 heavy (non-hydrogen) atoms. The van der Waals surface area contributed by atoms with Gasteiger partial charge in [0.25, 0.3) is 0 Å². The van der Waals surface area contributed by atoms with Gasteiger partial charge >= 0.3 is 33.3 Å². The number of aliphatic hydroxyl groups excluding tert-OH is 3. The van der Waals surface area contributed by atoms with Crippen LogP contribution in [0.15, 0.2) is 53.5 Å². The van der Waals surface area contributed by atoms with Gasteiger partial charge in [-0.05, 0) is 50.5 Å². The van der Waals surface area contributed by atoms with Crippen molar-refractivity contribution in [2.24, 2.45) is 5.92 Å². The lowest BCUT2D eigenvalue weighted by molar-refractivity contribution is -0.161. The van der Waals surface area contributed by atoms with Crippen LogP contribution < -0.4 is 11.4 Å². The predicted octanol–water partition coefficient (Wildman–Crippen LogP) is 7.66. The van der Waals surface area contributed by atoms with Crippen LogP contribution in [0.5, 0.6) is 0 Å². The van der Waals surface area contributed by atoms with Crippen LogP contribution in [0.25, 0.3) is 0 Å². The van der Waals surface area contributed by atoms with E-state index in [0.717, 1.165) is 55.7 Å². The molecular weight excluding hydrogens is 900 g/mol. The minimum absolute atomic E-state index is 0.00936. The van der Waals surface area contributed by atoms with Crippen LogP contribution in [0.2, 0.25) is 0 Å². The average molecular weight is 978 g/mol. The number of hydrogen-bond donors (Lipinski definition) is 6. The topological polar surface area (TPSA) is 286 Å². The fourth-order valence-corrected chi connectivity index (χ4v) is 8.91. The third kappa shape index (κ3) is 27.1. The zero-order valence-electron chi connectivity index (χ0n) is 39.0. The summed E-state index contributed by atoms with van der Waals surface area (Å²) >= 11 is 0. The van der Waals surface area contributed by atoms with Gasteiger partial charge in [-0.25, -0.2) is 13.9 Å². The number of aromatic nitrogens is 2. The van der Waals surface area contributed by atoms with E-state index >= 15 is 0 Å². The molecule has 2 rings (SSSR count). The number of hydrogen-bond acceptors (Lipinski definition) is 16. The van der Waals surface area contributed by atoms with Crippen molar-refractivity contribution in [1.29, 1.82) is 0 Å². The summed E-state index contributed by atoms with van der Waals surface area (Å²) in [5, 5.41) is 31.2. The maximum atomic E-state index is 12.8. The summed E-state index contributed by atoms with van der Waals surface area (Å²) < 4.78 is 56.4. The van der Waals surface area contributed by atoms with E-state index in [2.05, 4.69) is 42.2 Å². The number of phosphoric acid groups is 2. The quantitative estimate of drug-likeness (QED) is 0.0123. The number of nitrogen functional groups attached to an aromatic ring is 1. The number of allylic oxidation sites excluding steroid dienone is 5. The van der Waals surface area contributed by atoms with Crippen molar-refractivity contribution in [3.05, 3.63) is 59.2 Å². The first-order valence-electron chi connectivity index (χ1n) is 23.5. The van der Waals surface area contributed by atoms with Gasteiger partial charge < -0.3 is 45.1 Å². The Balaban J connectivity index is 1.86. The van der Waals surface area contributed by atoms with E-state index in [0.29, 0.717) is 12.3 Å². The highest BCUT2D eigenvalue weighted by Crippen LogP contribution is 2.60. The number of unbranched alkanes of at least 4 members (excludes halogenated alkanes) is 12. The monoisotopic (exact) mass is 977 g/mol. The molecule has 19 nitrogen and oxygen atoms in total. The van der Waals surface area contributed by atoms with Crippen molar-refractivity contribution in [3.8, 4) is 0 Å². The van der Waals surface area contributed by atoms with Gasteiger partial charge in [0.1, 0.15) is 30.7 Å². The summed E-state index contributed by atoms with van der Waals surface area (Å²) in [6.45, 7) is 4.14. The Morgan fingerprint density at radius 3 is 2.18 bits per heavy atom. The Labute approximate surface area is 390 Å². The Kier molecular flexibility index (Phi) is 29.9. The van der Waals surface area contributed by atoms with Gasteiger partial charge in [0.15, 0.2) is 12.3 Å². The van der Waals surface area contributed by atoms with Crippen molar-refractivity contribution in [2.45, 2.75) is 186 Å². The second kappa shape index (κ2) is 33.4. The number of ether oxygens (including phenoxy) is 3. The molecule has 1 aliphatic rings. The van der Waals surface area contributed by atoms with Crippen LogP contribution in [-0.2, 0) is 46.3 Å². The Bertz CT molecular complexity index is 1780. The van der Waals surface area contributed by atoms with Gasteiger partial charge in [-0.2, -0.15) is 9.29 Å². The summed E-state index contributed by atoms with van der Waals surface area (Å²) in [4.78, 5) is 61.7. The number of anilines is 1. The molecule has 0 spiro atoms.